The summed E-state index contributed by atoms with van der Waals surface area (Å²) in [5.41, 5.74) is 0. The van der Waals surface area contributed by atoms with Crippen LogP contribution in [0, 0.1) is 0 Å². The predicted molar refractivity (Wildman–Crippen MR) is 70.0 cm³/mol. The van der Waals surface area contributed by atoms with Crippen molar-refractivity contribution in [3.8, 4) is 0 Å². The zero-order valence-electron chi connectivity index (χ0n) is 11.1. The van der Waals surface area contributed by atoms with Crippen molar-refractivity contribution in [2.75, 3.05) is 26.7 Å². The molecule has 0 aliphatic rings. The highest BCUT2D eigenvalue weighted by molar-refractivity contribution is 4.65. The van der Waals surface area contributed by atoms with E-state index in [0.29, 0.717) is 0 Å². The molecule has 0 N–H and O–H groups in total. The van der Waals surface area contributed by atoms with Crippen LogP contribution in [-0.2, 0) is 0 Å². The van der Waals surface area contributed by atoms with Crippen molar-refractivity contribution < 1.29 is 4.48 Å². The first-order valence-electron chi connectivity index (χ1n) is 6.63. The Morgan fingerprint density at radius 3 is 2.13 bits per heavy atom. The van der Waals surface area contributed by atoms with Crippen molar-refractivity contribution in [1.29, 1.82) is 0 Å². The predicted octanol–water partition coefficient (Wildman–Crippen LogP) is 4.00. The Balaban J connectivity index is 3.50. The summed E-state index contributed by atoms with van der Waals surface area (Å²) in [6.45, 7) is 12.1. The van der Waals surface area contributed by atoms with E-state index in [0.717, 1.165) is 11.0 Å². The van der Waals surface area contributed by atoms with Gasteiger partial charge in [0.1, 0.15) is 0 Å². The van der Waals surface area contributed by atoms with Gasteiger partial charge in [-0.05, 0) is 25.8 Å². The highest BCUT2D eigenvalue weighted by Gasteiger charge is 2.15. The quantitative estimate of drug-likeness (QED) is 0.292. The first-order chi connectivity index (χ1) is 7.18. The molecule has 0 amide bonds. The lowest BCUT2D eigenvalue weighted by molar-refractivity contribution is -0.902. The topological polar surface area (TPSA) is 0 Å². The fourth-order valence-electron chi connectivity index (χ4n) is 1.96. The van der Waals surface area contributed by atoms with E-state index in [1.54, 1.807) is 0 Å². The smallest absolute Gasteiger partial charge is 0.0968 e. The lowest BCUT2D eigenvalue weighted by Crippen LogP contribution is -2.44. The molecule has 90 valence electrons. The summed E-state index contributed by atoms with van der Waals surface area (Å²) in [4.78, 5) is 0. The molecule has 0 aromatic rings. The van der Waals surface area contributed by atoms with Crippen LogP contribution in [0.3, 0.4) is 0 Å². The number of hydrogen-bond donors (Lipinski definition) is 0. The van der Waals surface area contributed by atoms with Gasteiger partial charge in [-0.2, -0.15) is 0 Å². The second-order valence-electron chi connectivity index (χ2n) is 4.90. The number of nitrogens with zero attached hydrogens (tertiary/aromatic N) is 1. The van der Waals surface area contributed by atoms with E-state index in [9.17, 15) is 0 Å². The molecule has 0 radical (unpaired) electrons. The van der Waals surface area contributed by atoms with Crippen LogP contribution in [-0.4, -0.2) is 31.2 Å². The zero-order chi connectivity index (χ0) is 11.6. The maximum absolute atomic E-state index is 3.85. The largest absolute Gasteiger partial charge is 0.323 e. The van der Waals surface area contributed by atoms with Gasteiger partial charge in [-0.25, -0.2) is 0 Å². The first-order valence-corrected chi connectivity index (χ1v) is 6.63. The molecule has 1 nitrogen and oxygen atoms in total. The van der Waals surface area contributed by atoms with Crippen molar-refractivity contribution in [2.45, 2.75) is 52.4 Å². The van der Waals surface area contributed by atoms with E-state index in [-0.39, 0.29) is 0 Å². The number of hydrogen-bond acceptors (Lipinski definition) is 0. The molecular weight excluding hydrogens is 182 g/mol. The SMILES string of the molecule is C=CC[N+](C)(CC)CCCCCCCC. The average molecular weight is 212 g/mol. The monoisotopic (exact) mass is 212 g/mol. The molecule has 0 saturated heterocycles. The Labute approximate surface area is 96.8 Å². The molecule has 0 spiro atoms. The van der Waals surface area contributed by atoms with Crippen LogP contribution in [0.2, 0.25) is 0 Å². The van der Waals surface area contributed by atoms with Crippen molar-refractivity contribution in [3.63, 3.8) is 0 Å². The fourth-order valence-corrected chi connectivity index (χ4v) is 1.96. The van der Waals surface area contributed by atoms with Gasteiger partial charge in [-0.1, -0.05) is 39.2 Å². The lowest BCUT2D eigenvalue weighted by Gasteiger charge is -2.32. The van der Waals surface area contributed by atoms with E-state index in [2.05, 4.69) is 33.6 Å². The maximum Gasteiger partial charge on any atom is 0.0968 e. The Morgan fingerprint density at radius 2 is 1.60 bits per heavy atom. The van der Waals surface area contributed by atoms with Crippen LogP contribution in [0.1, 0.15) is 52.4 Å². The summed E-state index contributed by atoms with van der Waals surface area (Å²) in [6, 6.07) is 0. The second kappa shape index (κ2) is 8.96. The van der Waals surface area contributed by atoms with Gasteiger partial charge in [0, 0.05) is 0 Å². The summed E-state index contributed by atoms with van der Waals surface area (Å²) in [5.74, 6) is 0. The molecule has 0 aliphatic heterocycles. The third-order valence-electron chi connectivity index (χ3n) is 3.38. The van der Waals surface area contributed by atoms with Gasteiger partial charge in [0.2, 0.25) is 0 Å². The van der Waals surface area contributed by atoms with Crippen LogP contribution in [0.25, 0.3) is 0 Å². The second-order valence-corrected chi connectivity index (χ2v) is 4.90. The maximum atomic E-state index is 3.85. The minimum Gasteiger partial charge on any atom is -0.323 e. The molecule has 0 aromatic carbocycles. The molecule has 0 rings (SSSR count). The molecule has 15 heavy (non-hydrogen) atoms. The molecule has 0 bridgehead atoms. The van der Waals surface area contributed by atoms with Gasteiger partial charge in [0.15, 0.2) is 0 Å². The molecule has 0 heterocycles. The number of rotatable bonds is 10. The summed E-state index contributed by atoms with van der Waals surface area (Å²) in [5, 5.41) is 0. The molecule has 1 unspecified atom stereocenters. The number of quaternary nitrogens is 1. The van der Waals surface area contributed by atoms with Gasteiger partial charge in [0.05, 0.1) is 26.7 Å². The van der Waals surface area contributed by atoms with Crippen LogP contribution in [0.15, 0.2) is 12.7 Å². The van der Waals surface area contributed by atoms with Crippen molar-refractivity contribution in [2.24, 2.45) is 0 Å². The normalized spacial score (nSPS) is 14.9. The van der Waals surface area contributed by atoms with E-state index in [1.165, 1.54) is 51.6 Å². The summed E-state index contributed by atoms with van der Waals surface area (Å²) < 4.78 is 1.16. The van der Waals surface area contributed by atoms with Gasteiger partial charge < -0.3 is 4.48 Å². The Morgan fingerprint density at radius 1 is 1.00 bits per heavy atom. The molecule has 0 aliphatic carbocycles. The Kier molecular flexibility index (Phi) is 8.79. The zero-order valence-corrected chi connectivity index (χ0v) is 11.1. The third-order valence-corrected chi connectivity index (χ3v) is 3.38. The molecule has 1 heteroatoms. The van der Waals surface area contributed by atoms with Gasteiger partial charge in [-0.15, -0.1) is 0 Å². The third kappa shape index (κ3) is 7.61. The summed E-state index contributed by atoms with van der Waals surface area (Å²) in [6.07, 6.45) is 10.4. The molecular formula is C14H30N+. The van der Waals surface area contributed by atoms with Crippen molar-refractivity contribution in [3.05, 3.63) is 12.7 Å². The van der Waals surface area contributed by atoms with Gasteiger partial charge in [0.25, 0.3) is 0 Å². The van der Waals surface area contributed by atoms with Crippen LogP contribution < -0.4 is 0 Å². The molecule has 0 fully saturated rings. The number of unbranched alkanes of at least 4 members (excludes halogenated alkanes) is 5. The summed E-state index contributed by atoms with van der Waals surface area (Å²) in [7, 11) is 2.34. The van der Waals surface area contributed by atoms with E-state index in [4.69, 9.17) is 0 Å². The highest BCUT2D eigenvalue weighted by Crippen LogP contribution is 2.09. The molecule has 0 aromatic heterocycles. The summed E-state index contributed by atoms with van der Waals surface area (Å²) >= 11 is 0. The van der Waals surface area contributed by atoms with E-state index >= 15 is 0 Å². The van der Waals surface area contributed by atoms with Crippen molar-refractivity contribution in [1.82, 2.24) is 0 Å². The minimum atomic E-state index is 1.12. The first kappa shape index (κ1) is 14.7. The van der Waals surface area contributed by atoms with Crippen molar-refractivity contribution >= 4 is 0 Å². The highest BCUT2D eigenvalue weighted by atomic mass is 15.3. The van der Waals surface area contributed by atoms with E-state index < -0.39 is 0 Å². The Hall–Kier alpha value is -0.300. The van der Waals surface area contributed by atoms with Gasteiger partial charge >= 0.3 is 0 Å². The van der Waals surface area contributed by atoms with Gasteiger partial charge in [-0.3, -0.25) is 0 Å². The van der Waals surface area contributed by atoms with Crippen LogP contribution >= 0.6 is 0 Å². The standard InChI is InChI=1S/C14H30N/c1-5-8-9-10-11-12-14-15(4,7-3)13-6-2/h6H,2,5,7-14H2,1,3-4H3/q+1. The molecule has 1 atom stereocenters. The fraction of sp³-hybridized carbons (Fsp3) is 0.857. The van der Waals surface area contributed by atoms with Crippen LogP contribution in [0.4, 0.5) is 0 Å². The lowest BCUT2D eigenvalue weighted by atomic mass is 10.1. The van der Waals surface area contributed by atoms with Crippen LogP contribution in [0.5, 0.6) is 0 Å². The number of likely N-dealkylation sites (N-methyl/N-ethyl adjacent to an activating group) is 1. The van der Waals surface area contributed by atoms with E-state index in [1.807, 2.05) is 0 Å². The minimum absolute atomic E-state index is 1.12. The Bertz CT molecular complexity index is 153. The average Bonchev–Trinajstić information content (AvgIpc) is 2.24. The molecule has 0 saturated carbocycles.